The molecule has 140 valence electrons. The van der Waals surface area contributed by atoms with Crippen LogP contribution in [0.5, 0.6) is 0 Å². The molecule has 0 spiro atoms. The summed E-state index contributed by atoms with van der Waals surface area (Å²) >= 11 is 0. The van der Waals surface area contributed by atoms with Crippen LogP contribution in [0.15, 0.2) is 48.5 Å². The molecule has 0 aliphatic rings. The number of nitro benzene ring substituents is 1. The number of halogens is 6. The van der Waals surface area contributed by atoms with Gasteiger partial charge in [-0.25, -0.2) is 0 Å². The monoisotopic (exact) mass is 377 g/mol. The van der Waals surface area contributed by atoms with Crippen LogP contribution in [-0.4, -0.2) is 17.3 Å². The van der Waals surface area contributed by atoms with Gasteiger partial charge in [0.1, 0.15) is 0 Å². The molecular weight excluding hydrogens is 364 g/mol. The van der Waals surface area contributed by atoms with Crippen LogP contribution in [0.3, 0.4) is 0 Å². The van der Waals surface area contributed by atoms with Crippen molar-refractivity contribution in [1.29, 1.82) is 0 Å². The van der Waals surface area contributed by atoms with Crippen LogP contribution in [0.25, 0.3) is 0 Å². The fourth-order valence-corrected chi connectivity index (χ4v) is 2.71. The normalized spacial score (nSPS) is 12.9. The van der Waals surface area contributed by atoms with E-state index in [2.05, 4.69) is 0 Å². The largest absolute Gasteiger partial charge is 0.407 e. The van der Waals surface area contributed by atoms with Crippen molar-refractivity contribution in [2.75, 3.05) is 0 Å². The topological polar surface area (TPSA) is 43.1 Å². The van der Waals surface area contributed by atoms with Gasteiger partial charge in [-0.05, 0) is 24.5 Å². The van der Waals surface area contributed by atoms with Gasteiger partial charge in [0.15, 0.2) is 5.41 Å². The molecule has 0 N–H and O–H groups in total. The summed E-state index contributed by atoms with van der Waals surface area (Å²) in [7, 11) is 0. The lowest BCUT2D eigenvalue weighted by Crippen LogP contribution is -2.55. The van der Waals surface area contributed by atoms with Gasteiger partial charge in [0.25, 0.3) is 5.69 Å². The summed E-state index contributed by atoms with van der Waals surface area (Å²) in [5.41, 5.74) is -5.65. The number of hydrogen-bond acceptors (Lipinski definition) is 2. The lowest BCUT2D eigenvalue weighted by Gasteiger charge is -2.38. The maximum Gasteiger partial charge on any atom is 0.407 e. The molecular formula is C17H13F6NO2. The molecule has 0 aliphatic carbocycles. The van der Waals surface area contributed by atoms with E-state index in [1.165, 1.54) is 6.92 Å². The molecule has 2 aromatic carbocycles. The number of non-ortho nitro benzene ring substituents is 1. The van der Waals surface area contributed by atoms with E-state index in [4.69, 9.17) is 0 Å². The average molecular weight is 377 g/mol. The highest BCUT2D eigenvalue weighted by Gasteiger charge is 2.71. The van der Waals surface area contributed by atoms with Gasteiger partial charge >= 0.3 is 12.4 Å². The molecule has 0 radical (unpaired) electrons. The SMILES string of the molecule is Cc1ccc(C(Cc2cccc([N+](=O)[O-])c2)(C(F)(F)F)C(F)(F)F)cc1. The lowest BCUT2D eigenvalue weighted by molar-refractivity contribution is -0.385. The van der Waals surface area contributed by atoms with E-state index >= 15 is 0 Å². The Morgan fingerprint density at radius 2 is 1.46 bits per heavy atom. The number of nitro groups is 1. The smallest absolute Gasteiger partial charge is 0.258 e. The van der Waals surface area contributed by atoms with Gasteiger partial charge < -0.3 is 0 Å². The first-order chi connectivity index (χ1) is 11.9. The highest BCUT2D eigenvalue weighted by atomic mass is 19.4. The molecule has 0 bridgehead atoms. The molecule has 9 heteroatoms. The molecule has 0 atom stereocenters. The Hall–Kier alpha value is -2.58. The second-order valence-electron chi connectivity index (χ2n) is 5.87. The molecule has 3 nitrogen and oxygen atoms in total. The van der Waals surface area contributed by atoms with Crippen LogP contribution in [0.4, 0.5) is 32.0 Å². The molecule has 0 fully saturated rings. The highest BCUT2D eigenvalue weighted by Crippen LogP contribution is 2.54. The minimum absolute atomic E-state index is 0.436. The predicted molar refractivity (Wildman–Crippen MR) is 81.8 cm³/mol. The summed E-state index contributed by atoms with van der Waals surface area (Å²) in [6.45, 7) is 1.53. The third-order valence-corrected chi connectivity index (χ3v) is 4.10. The number of hydrogen-bond donors (Lipinski definition) is 0. The molecule has 2 rings (SSSR count). The highest BCUT2D eigenvalue weighted by molar-refractivity contribution is 5.39. The zero-order valence-electron chi connectivity index (χ0n) is 13.4. The standard InChI is InChI=1S/C17H13F6NO2/c1-11-5-7-13(8-6-11)15(16(18,19)20,17(21,22)23)10-12-3-2-4-14(9-12)24(25)26/h2-9H,10H2,1H3. The Bertz CT molecular complexity index is 782. The fraction of sp³-hybridized carbons (Fsp3) is 0.294. The third kappa shape index (κ3) is 3.51. The van der Waals surface area contributed by atoms with E-state index in [0.717, 1.165) is 48.5 Å². The molecule has 0 aromatic heterocycles. The van der Waals surface area contributed by atoms with Crippen LogP contribution in [0.1, 0.15) is 16.7 Å². The van der Waals surface area contributed by atoms with Crippen molar-refractivity contribution in [1.82, 2.24) is 0 Å². The van der Waals surface area contributed by atoms with Crippen molar-refractivity contribution in [3.63, 3.8) is 0 Å². The van der Waals surface area contributed by atoms with Gasteiger partial charge in [0.05, 0.1) is 4.92 Å². The molecule has 2 aromatic rings. The van der Waals surface area contributed by atoms with E-state index in [-0.39, 0.29) is 0 Å². The summed E-state index contributed by atoms with van der Waals surface area (Å²) in [4.78, 5) is 9.90. The first-order valence-corrected chi connectivity index (χ1v) is 7.32. The Kier molecular flexibility index (Phi) is 5.03. The zero-order chi connectivity index (χ0) is 19.8. The van der Waals surface area contributed by atoms with Gasteiger partial charge in [-0.2, -0.15) is 26.3 Å². The van der Waals surface area contributed by atoms with Crippen molar-refractivity contribution in [3.8, 4) is 0 Å². The van der Waals surface area contributed by atoms with Gasteiger partial charge in [-0.3, -0.25) is 10.1 Å². The summed E-state index contributed by atoms with van der Waals surface area (Å²) in [5, 5.41) is 10.8. The van der Waals surface area contributed by atoms with Gasteiger partial charge in [-0.15, -0.1) is 0 Å². The minimum Gasteiger partial charge on any atom is -0.258 e. The second-order valence-corrected chi connectivity index (χ2v) is 5.87. The zero-order valence-corrected chi connectivity index (χ0v) is 13.4. The van der Waals surface area contributed by atoms with Crippen molar-refractivity contribution in [2.24, 2.45) is 0 Å². The maximum absolute atomic E-state index is 13.7. The summed E-state index contributed by atoms with van der Waals surface area (Å²) < 4.78 is 82.5. The minimum atomic E-state index is -5.66. The molecule has 0 heterocycles. The van der Waals surface area contributed by atoms with Gasteiger partial charge in [-0.1, -0.05) is 42.0 Å². The van der Waals surface area contributed by atoms with Crippen molar-refractivity contribution < 1.29 is 31.3 Å². The summed E-state index contributed by atoms with van der Waals surface area (Å²) in [6.07, 6.45) is -12.8. The fourth-order valence-electron chi connectivity index (χ4n) is 2.71. The number of rotatable bonds is 4. The van der Waals surface area contributed by atoms with E-state index in [9.17, 15) is 36.5 Å². The van der Waals surface area contributed by atoms with Crippen molar-refractivity contribution in [2.45, 2.75) is 31.1 Å². The lowest BCUT2D eigenvalue weighted by atomic mass is 9.73. The number of alkyl halides is 6. The molecule has 0 saturated heterocycles. The Morgan fingerprint density at radius 3 is 1.92 bits per heavy atom. The van der Waals surface area contributed by atoms with Gasteiger partial charge in [0.2, 0.25) is 0 Å². The molecule has 0 unspecified atom stereocenters. The molecule has 0 saturated carbocycles. The third-order valence-electron chi connectivity index (χ3n) is 4.10. The quantitative estimate of drug-likeness (QED) is 0.401. The Balaban J connectivity index is 2.69. The van der Waals surface area contributed by atoms with Crippen LogP contribution >= 0.6 is 0 Å². The van der Waals surface area contributed by atoms with E-state index in [1.807, 2.05) is 0 Å². The summed E-state index contributed by atoms with van der Waals surface area (Å²) in [6, 6.07) is 7.68. The van der Waals surface area contributed by atoms with E-state index in [0.29, 0.717) is 5.56 Å². The predicted octanol–water partition coefficient (Wildman–Crippen LogP) is 5.51. The van der Waals surface area contributed by atoms with E-state index in [1.54, 1.807) is 0 Å². The van der Waals surface area contributed by atoms with Gasteiger partial charge in [0, 0.05) is 12.1 Å². The van der Waals surface area contributed by atoms with Crippen LogP contribution in [0.2, 0.25) is 0 Å². The Labute approximate surface area is 144 Å². The van der Waals surface area contributed by atoms with Crippen LogP contribution < -0.4 is 0 Å². The van der Waals surface area contributed by atoms with Crippen LogP contribution in [-0.2, 0) is 11.8 Å². The number of aryl methyl sites for hydroxylation is 1. The average Bonchev–Trinajstić information content (AvgIpc) is 2.51. The Morgan fingerprint density at radius 1 is 0.923 bits per heavy atom. The summed E-state index contributed by atoms with van der Waals surface area (Å²) in [5.74, 6) is 0. The molecule has 0 amide bonds. The molecule has 0 aliphatic heterocycles. The van der Waals surface area contributed by atoms with E-state index < -0.39 is 45.9 Å². The van der Waals surface area contributed by atoms with Crippen LogP contribution in [0, 0.1) is 17.0 Å². The second kappa shape index (κ2) is 6.62. The first-order valence-electron chi connectivity index (χ1n) is 7.32. The van der Waals surface area contributed by atoms with Crippen molar-refractivity contribution in [3.05, 3.63) is 75.3 Å². The molecule has 26 heavy (non-hydrogen) atoms. The number of benzene rings is 2. The number of nitrogens with zero attached hydrogens (tertiary/aromatic N) is 1. The maximum atomic E-state index is 13.7. The first kappa shape index (κ1) is 19.7. The van der Waals surface area contributed by atoms with Crippen molar-refractivity contribution >= 4 is 5.69 Å².